The van der Waals surface area contributed by atoms with Crippen molar-refractivity contribution >= 4 is 4.23 Å². The summed E-state index contributed by atoms with van der Waals surface area (Å²) in [5, 5.41) is 0. The Morgan fingerprint density at radius 3 is 2.00 bits per heavy atom. The average molecular weight is 107 g/mol. The molecule has 0 aliphatic carbocycles. The Labute approximate surface area is 42.1 Å². The van der Waals surface area contributed by atoms with Crippen molar-refractivity contribution in [1.82, 2.24) is 0 Å². The molecule has 0 aliphatic rings. The molecule has 0 saturated carbocycles. The summed E-state index contributed by atoms with van der Waals surface area (Å²) in [6.07, 6.45) is 1.19. The van der Waals surface area contributed by atoms with E-state index in [1.165, 1.54) is 10.6 Å². The van der Waals surface area contributed by atoms with Gasteiger partial charge in [0.25, 0.3) is 0 Å². The first-order valence-electron chi connectivity index (χ1n) is 1.78. The minimum absolute atomic E-state index is 1.19. The quantitative estimate of drug-likeness (QED) is 0.471. The fraction of sp³-hybridized carbons (Fsp3) is 0.750. The van der Waals surface area contributed by atoms with Crippen molar-refractivity contribution in [3.8, 4) is 0 Å². The van der Waals surface area contributed by atoms with Crippen LogP contribution in [-0.2, 0) is 17.0 Å². The maximum atomic E-state index is 2.52. The van der Waals surface area contributed by atoms with Crippen LogP contribution in [0.1, 0.15) is 20.3 Å². The molecule has 0 aliphatic heterocycles. The van der Waals surface area contributed by atoms with Gasteiger partial charge >= 0.3 is 41.5 Å². The van der Waals surface area contributed by atoms with Gasteiger partial charge in [-0.25, -0.2) is 0 Å². The SMILES string of the molecule is CC[C](C)=[V]. The Bertz CT molecular complexity index is 38.9. The van der Waals surface area contributed by atoms with Crippen molar-refractivity contribution in [2.75, 3.05) is 0 Å². The van der Waals surface area contributed by atoms with Crippen LogP contribution in [0.4, 0.5) is 0 Å². The Hall–Kier alpha value is 0.454. The van der Waals surface area contributed by atoms with Crippen LogP contribution < -0.4 is 0 Å². The summed E-state index contributed by atoms with van der Waals surface area (Å²) in [5.74, 6) is 0. The molecule has 0 N–H and O–H groups in total. The third-order valence-corrected chi connectivity index (χ3v) is 1.01. The Balaban J connectivity index is 2.85. The topological polar surface area (TPSA) is 0 Å². The molecule has 0 unspecified atom stereocenters. The van der Waals surface area contributed by atoms with Gasteiger partial charge in [-0.15, -0.1) is 0 Å². The molecular weight excluding hydrogens is 99.0 g/mol. The molecule has 0 aromatic rings. The van der Waals surface area contributed by atoms with E-state index in [4.69, 9.17) is 0 Å². The van der Waals surface area contributed by atoms with Gasteiger partial charge in [0.05, 0.1) is 0 Å². The van der Waals surface area contributed by atoms with E-state index in [1.807, 2.05) is 0 Å². The summed E-state index contributed by atoms with van der Waals surface area (Å²) in [6, 6.07) is 0. The summed E-state index contributed by atoms with van der Waals surface area (Å²) < 4.78 is 1.44. The van der Waals surface area contributed by atoms with Crippen molar-refractivity contribution in [3.05, 3.63) is 0 Å². The summed E-state index contributed by atoms with van der Waals surface area (Å²) in [7, 11) is 0. The summed E-state index contributed by atoms with van der Waals surface area (Å²) in [5.41, 5.74) is 0. The molecule has 0 amide bonds. The molecule has 1 heteroatoms. The Morgan fingerprint density at radius 1 is 1.80 bits per heavy atom. The first-order valence-corrected chi connectivity index (χ1v) is 2.48. The second kappa shape index (κ2) is 2.68. The Morgan fingerprint density at radius 2 is 2.00 bits per heavy atom. The van der Waals surface area contributed by atoms with Gasteiger partial charge in [0, 0.05) is 0 Å². The first-order chi connectivity index (χ1) is 2.27. The van der Waals surface area contributed by atoms with E-state index in [2.05, 4.69) is 30.8 Å². The van der Waals surface area contributed by atoms with Crippen molar-refractivity contribution in [2.24, 2.45) is 0 Å². The zero-order valence-electron chi connectivity index (χ0n) is 3.65. The van der Waals surface area contributed by atoms with E-state index < -0.39 is 0 Å². The molecule has 0 fully saturated rings. The standard InChI is InChI=1S/C4H8.V/c1-3-4-2;/h3H2,1-2H3;. The van der Waals surface area contributed by atoms with Crippen LogP contribution in [0, 0.1) is 0 Å². The van der Waals surface area contributed by atoms with Crippen molar-refractivity contribution in [3.63, 3.8) is 0 Å². The summed E-state index contributed by atoms with van der Waals surface area (Å²) in [6.45, 7) is 4.26. The molecular formula is C4H8V. The van der Waals surface area contributed by atoms with Crippen molar-refractivity contribution in [2.45, 2.75) is 20.3 Å². The molecule has 0 radical (unpaired) electrons. The third kappa shape index (κ3) is 4.45. The maximum absolute atomic E-state index is 2.52. The van der Waals surface area contributed by atoms with E-state index in [0.717, 1.165) is 0 Å². The van der Waals surface area contributed by atoms with E-state index in [-0.39, 0.29) is 0 Å². The van der Waals surface area contributed by atoms with Crippen molar-refractivity contribution < 1.29 is 17.0 Å². The van der Waals surface area contributed by atoms with Gasteiger partial charge in [-0.3, -0.25) is 0 Å². The first kappa shape index (κ1) is 5.45. The zero-order chi connectivity index (χ0) is 4.28. The predicted molar refractivity (Wildman–Crippen MR) is 21.0 cm³/mol. The molecule has 0 rings (SSSR count). The van der Waals surface area contributed by atoms with E-state index in [0.29, 0.717) is 0 Å². The van der Waals surface area contributed by atoms with Crippen LogP contribution in [0.2, 0.25) is 0 Å². The normalized spacial score (nSPS) is 7.40. The zero-order valence-corrected chi connectivity index (χ0v) is 5.05. The van der Waals surface area contributed by atoms with Crippen LogP contribution in [-0.4, -0.2) is 4.23 Å². The number of rotatable bonds is 1. The second-order valence-corrected chi connectivity index (χ2v) is 2.28. The van der Waals surface area contributed by atoms with E-state index in [1.54, 1.807) is 0 Å². The average Bonchev–Trinajstić information content (AvgIpc) is 1.38. The van der Waals surface area contributed by atoms with Crippen LogP contribution in [0.25, 0.3) is 0 Å². The van der Waals surface area contributed by atoms with Crippen LogP contribution in [0.15, 0.2) is 0 Å². The molecule has 29 valence electrons. The van der Waals surface area contributed by atoms with Gasteiger partial charge < -0.3 is 0 Å². The molecule has 0 heterocycles. The molecule has 0 saturated heterocycles. The van der Waals surface area contributed by atoms with Crippen molar-refractivity contribution in [1.29, 1.82) is 0 Å². The van der Waals surface area contributed by atoms with Gasteiger partial charge in [-0.2, -0.15) is 0 Å². The molecule has 0 spiro atoms. The molecule has 0 aromatic carbocycles. The third-order valence-electron chi connectivity index (χ3n) is 0.512. The molecule has 0 bridgehead atoms. The number of hydrogen-bond acceptors (Lipinski definition) is 0. The summed E-state index contributed by atoms with van der Waals surface area (Å²) >= 11 is 2.52. The van der Waals surface area contributed by atoms with Crippen LogP contribution >= 0.6 is 0 Å². The Kier molecular flexibility index (Phi) is 2.92. The van der Waals surface area contributed by atoms with Gasteiger partial charge in [0.2, 0.25) is 0 Å². The van der Waals surface area contributed by atoms with Gasteiger partial charge in [0.1, 0.15) is 0 Å². The minimum atomic E-state index is 1.19. The summed E-state index contributed by atoms with van der Waals surface area (Å²) in [4.78, 5) is 0. The predicted octanol–water partition coefficient (Wildman–Crippen LogP) is 1.14. The fourth-order valence-electron chi connectivity index (χ4n) is 0. The van der Waals surface area contributed by atoms with Gasteiger partial charge in [0.15, 0.2) is 0 Å². The fourth-order valence-corrected chi connectivity index (χ4v) is 0. The molecule has 0 atom stereocenters. The monoisotopic (exact) mass is 107 g/mol. The molecule has 0 aromatic heterocycles. The van der Waals surface area contributed by atoms with E-state index >= 15 is 0 Å². The van der Waals surface area contributed by atoms with Crippen LogP contribution in [0.3, 0.4) is 0 Å². The van der Waals surface area contributed by atoms with Gasteiger partial charge in [-0.05, 0) is 0 Å². The number of hydrogen-bond donors (Lipinski definition) is 0. The second-order valence-electron chi connectivity index (χ2n) is 1.09. The van der Waals surface area contributed by atoms with E-state index in [9.17, 15) is 0 Å². The molecule has 5 heavy (non-hydrogen) atoms. The van der Waals surface area contributed by atoms with Crippen LogP contribution in [0.5, 0.6) is 0 Å². The molecule has 0 nitrogen and oxygen atoms in total. The van der Waals surface area contributed by atoms with Gasteiger partial charge in [-0.1, -0.05) is 0 Å².